The summed E-state index contributed by atoms with van der Waals surface area (Å²) >= 11 is 0. The summed E-state index contributed by atoms with van der Waals surface area (Å²) in [7, 11) is 2.25. The van der Waals surface area contributed by atoms with Crippen LogP contribution < -0.4 is 0 Å². The summed E-state index contributed by atoms with van der Waals surface area (Å²) < 4.78 is 0. The zero-order valence-electron chi connectivity index (χ0n) is 10.4. The lowest BCUT2D eigenvalue weighted by Gasteiger charge is -2.41. The summed E-state index contributed by atoms with van der Waals surface area (Å²) in [5.41, 5.74) is 0. The van der Waals surface area contributed by atoms with Crippen molar-refractivity contribution < 1.29 is 0 Å². The van der Waals surface area contributed by atoms with Crippen LogP contribution in [-0.2, 0) is 0 Å². The van der Waals surface area contributed by atoms with Gasteiger partial charge in [0, 0.05) is 12.6 Å². The second kappa shape index (κ2) is 5.31. The van der Waals surface area contributed by atoms with E-state index in [1.807, 2.05) is 0 Å². The largest absolute Gasteiger partial charge is 0.306 e. The highest BCUT2D eigenvalue weighted by Crippen LogP contribution is 2.24. The van der Waals surface area contributed by atoms with Crippen molar-refractivity contribution >= 4 is 0 Å². The van der Waals surface area contributed by atoms with Crippen LogP contribution >= 0.6 is 0 Å². The number of hydrogen-bond donors (Lipinski definition) is 0. The Morgan fingerprint density at radius 3 is 2.47 bits per heavy atom. The molecule has 0 amide bonds. The Labute approximate surface area is 94.6 Å². The van der Waals surface area contributed by atoms with Crippen LogP contribution in [0.5, 0.6) is 0 Å². The average molecular weight is 210 g/mol. The third-order valence-corrected chi connectivity index (χ3v) is 4.33. The monoisotopic (exact) mass is 210 g/mol. The summed E-state index contributed by atoms with van der Waals surface area (Å²) in [6, 6.07) is 0.899. The molecule has 0 radical (unpaired) electrons. The first kappa shape index (κ1) is 11.4. The fraction of sp³-hybridized carbons (Fsp3) is 1.00. The molecule has 2 heteroatoms. The molecule has 0 bridgehead atoms. The van der Waals surface area contributed by atoms with E-state index < -0.39 is 0 Å². The standard InChI is InChI=1S/C13H26N2/c1-3-12-5-4-8-15(11-12)13-6-9-14(2)10-7-13/h12-13H,3-11H2,1-2H3/t12-/m0/s1. The third-order valence-electron chi connectivity index (χ3n) is 4.33. The molecular weight excluding hydrogens is 184 g/mol. The van der Waals surface area contributed by atoms with E-state index in [1.54, 1.807) is 0 Å². The van der Waals surface area contributed by atoms with Gasteiger partial charge in [0.25, 0.3) is 0 Å². The first-order chi connectivity index (χ1) is 7.29. The van der Waals surface area contributed by atoms with Crippen LogP contribution in [0.2, 0.25) is 0 Å². The molecule has 88 valence electrons. The van der Waals surface area contributed by atoms with Crippen molar-refractivity contribution in [3.8, 4) is 0 Å². The van der Waals surface area contributed by atoms with Gasteiger partial charge in [0.2, 0.25) is 0 Å². The molecule has 0 N–H and O–H groups in total. The van der Waals surface area contributed by atoms with E-state index >= 15 is 0 Å². The zero-order valence-corrected chi connectivity index (χ0v) is 10.4. The van der Waals surface area contributed by atoms with Crippen molar-refractivity contribution in [2.75, 3.05) is 33.2 Å². The SMILES string of the molecule is CC[C@H]1CCCN(C2CCN(C)CC2)C1. The minimum absolute atomic E-state index is 0.899. The van der Waals surface area contributed by atoms with Gasteiger partial charge in [-0.1, -0.05) is 13.3 Å². The molecular formula is C13H26N2. The highest BCUT2D eigenvalue weighted by Gasteiger charge is 2.27. The van der Waals surface area contributed by atoms with Crippen molar-refractivity contribution in [2.45, 2.75) is 45.1 Å². The van der Waals surface area contributed by atoms with Gasteiger partial charge >= 0.3 is 0 Å². The third kappa shape index (κ3) is 2.94. The molecule has 1 atom stereocenters. The van der Waals surface area contributed by atoms with Crippen LogP contribution in [0.4, 0.5) is 0 Å². The van der Waals surface area contributed by atoms with Crippen LogP contribution in [0.3, 0.4) is 0 Å². The molecule has 2 rings (SSSR count). The predicted octanol–water partition coefficient (Wildman–Crippen LogP) is 2.20. The van der Waals surface area contributed by atoms with Crippen molar-refractivity contribution in [1.29, 1.82) is 0 Å². The first-order valence-corrected chi connectivity index (χ1v) is 6.72. The van der Waals surface area contributed by atoms with Crippen LogP contribution in [0, 0.1) is 5.92 Å². The van der Waals surface area contributed by atoms with Gasteiger partial charge < -0.3 is 9.80 Å². The Morgan fingerprint density at radius 2 is 1.80 bits per heavy atom. The maximum absolute atomic E-state index is 2.78. The number of nitrogens with zero attached hydrogens (tertiary/aromatic N) is 2. The van der Waals surface area contributed by atoms with E-state index in [1.165, 1.54) is 58.3 Å². The number of hydrogen-bond acceptors (Lipinski definition) is 2. The van der Waals surface area contributed by atoms with E-state index in [-0.39, 0.29) is 0 Å². The summed E-state index contributed by atoms with van der Waals surface area (Å²) in [6.07, 6.45) is 7.08. The van der Waals surface area contributed by atoms with Crippen molar-refractivity contribution in [3.63, 3.8) is 0 Å². The van der Waals surface area contributed by atoms with E-state index in [2.05, 4.69) is 23.8 Å². The van der Waals surface area contributed by atoms with Gasteiger partial charge in [0.1, 0.15) is 0 Å². The first-order valence-electron chi connectivity index (χ1n) is 6.72. The topological polar surface area (TPSA) is 6.48 Å². The van der Waals surface area contributed by atoms with E-state index in [4.69, 9.17) is 0 Å². The molecule has 0 saturated carbocycles. The van der Waals surface area contributed by atoms with Gasteiger partial charge in [0.05, 0.1) is 0 Å². The molecule has 0 aromatic rings. The summed E-state index contributed by atoms with van der Waals surface area (Å²) in [4.78, 5) is 5.25. The van der Waals surface area contributed by atoms with Crippen LogP contribution in [-0.4, -0.2) is 49.1 Å². The number of piperidine rings is 2. The van der Waals surface area contributed by atoms with E-state index in [9.17, 15) is 0 Å². The molecule has 2 aliphatic rings. The molecule has 0 unspecified atom stereocenters. The van der Waals surface area contributed by atoms with Crippen molar-refractivity contribution in [2.24, 2.45) is 5.92 Å². The van der Waals surface area contributed by atoms with Crippen LogP contribution in [0.15, 0.2) is 0 Å². The molecule has 0 aromatic carbocycles. The summed E-state index contributed by atoms with van der Waals surface area (Å²) in [5, 5.41) is 0. The van der Waals surface area contributed by atoms with Gasteiger partial charge in [-0.25, -0.2) is 0 Å². The fourth-order valence-corrected chi connectivity index (χ4v) is 3.12. The zero-order chi connectivity index (χ0) is 10.7. The Bertz CT molecular complexity index is 185. The predicted molar refractivity (Wildman–Crippen MR) is 65.1 cm³/mol. The van der Waals surface area contributed by atoms with Gasteiger partial charge in [-0.15, -0.1) is 0 Å². The molecule has 0 aliphatic carbocycles. The summed E-state index contributed by atoms with van der Waals surface area (Å²) in [5.74, 6) is 0.985. The smallest absolute Gasteiger partial charge is 0.0120 e. The lowest BCUT2D eigenvalue weighted by atomic mass is 9.92. The van der Waals surface area contributed by atoms with Gasteiger partial charge in [-0.2, -0.15) is 0 Å². The number of rotatable bonds is 2. The van der Waals surface area contributed by atoms with Crippen molar-refractivity contribution in [1.82, 2.24) is 9.80 Å². The van der Waals surface area contributed by atoms with E-state index in [0.717, 1.165) is 12.0 Å². The Kier molecular flexibility index (Phi) is 4.04. The minimum Gasteiger partial charge on any atom is -0.306 e. The molecule has 2 heterocycles. The van der Waals surface area contributed by atoms with Gasteiger partial charge in [-0.3, -0.25) is 0 Å². The molecule has 2 nitrogen and oxygen atoms in total. The lowest BCUT2D eigenvalue weighted by Crippen LogP contribution is -2.47. The van der Waals surface area contributed by atoms with Gasteiger partial charge in [0.15, 0.2) is 0 Å². The highest BCUT2D eigenvalue weighted by atomic mass is 15.2. The molecule has 2 fully saturated rings. The quantitative estimate of drug-likeness (QED) is 0.689. The van der Waals surface area contributed by atoms with Crippen LogP contribution in [0.1, 0.15) is 39.0 Å². The second-order valence-corrected chi connectivity index (χ2v) is 5.45. The number of likely N-dealkylation sites (tertiary alicyclic amines) is 2. The normalized spacial score (nSPS) is 32.0. The maximum atomic E-state index is 2.78. The summed E-state index contributed by atoms with van der Waals surface area (Å²) in [6.45, 7) is 7.70. The molecule has 15 heavy (non-hydrogen) atoms. The Balaban J connectivity index is 1.82. The average Bonchev–Trinajstić information content (AvgIpc) is 2.30. The second-order valence-electron chi connectivity index (χ2n) is 5.45. The minimum atomic E-state index is 0.899. The van der Waals surface area contributed by atoms with Crippen molar-refractivity contribution in [3.05, 3.63) is 0 Å². The maximum Gasteiger partial charge on any atom is 0.0120 e. The lowest BCUT2D eigenvalue weighted by molar-refractivity contribution is 0.0778. The Morgan fingerprint density at radius 1 is 1.07 bits per heavy atom. The van der Waals surface area contributed by atoms with Crippen LogP contribution in [0.25, 0.3) is 0 Å². The molecule has 2 saturated heterocycles. The molecule has 2 aliphatic heterocycles. The molecule has 0 aromatic heterocycles. The van der Waals surface area contributed by atoms with E-state index in [0.29, 0.717) is 0 Å². The highest BCUT2D eigenvalue weighted by molar-refractivity contribution is 4.82. The Hall–Kier alpha value is -0.0800. The fourth-order valence-electron chi connectivity index (χ4n) is 3.12. The molecule has 0 spiro atoms. The van der Waals surface area contributed by atoms with Gasteiger partial charge in [-0.05, 0) is 58.3 Å².